The first kappa shape index (κ1) is 30.1. The predicted molar refractivity (Wildman–Crippen MR) is 153 cm³/mol. The molecule has 232 valence electrons. The molecule has 0 spiro atoms. The molecule has 5 heterocycles. The summed E-state index contributed by atoms with van der Waals surface area (Å²) in [5, 5.41) is 25.1. The minimum atomic E-state index is -0.734. The van der Waals surface area contributed by atoms with Crippen molar-refractivity contribution in [2.75, 3.05) is 25.2 Å². The molecule has 20 heteroatoms. The molecule has 0 aliphatic rings. The molecule has 0 aliphatic heterocycles. The van der Waals surface area contributed by atoms with Gasteiger partial charge in [0.1, 0.15) is 6.33 Å². The minimum Gasteiger partial charge on any atom is -0.464 e. The van der Waals surface area contributed by atoms with E-state index < -0.39 is 11.9 Å². The number of hydrogen-bond acceptors (Lipinski definition) is 18. The number of ether oxygens (including phenoxy) is 2. The quantitative estimate of drug-likeness (QED) is 0.174. The van der Waals surface area contributed by atoms with Crippen LogP contribution in [0.5, 0.6) is 0 Å². The van der Waals surface area contributed by atoms with E-state index in [9.17, 15) is 9.59 Å². The molecular weight excluding hydrogens is 592 g/mol. The number of anilines is 2. The third-order valence-corrected chi connectivity index (χ3v) is 5.96. The van der Waals surface area contributed by atoms with Gasteiger partial charge in [-0.15, -0.1) is 20.5 Å². The molecule has 0 unspecified atom stereocenters. The van der Waals surface area contributed by atoms with Gasteiger partial charge in [-0.1, -0.05) is 0 Å². The molecule has 0 aromatic carbocycles. The van der Waals surface area contributed by atoms with Gasteiger partial charge in [-0.2, -0.15) is 19.6 Å². The Bertz CT molecular complexity index is 1980. The third-order valence-electron chi connectivity index (χ3n) is 5.96. The molecule has 45 heavy (non-hydrogen) atoms. The Morgan fingerprint density at radius 1 is 0.800 bits per heavy atom. The van der Waals surface area contributed by atoms with E-state index in [1.165, 1.54) is 28.9 Å². The largest absolute Gasteiger partial charge is 0.464 e. The van der Waals surface area contributed by atoms with Crippen LogP contribution in [0.3, 0.4) is 0 Å². The van der Waals surface area contributed by atoms with Crippen molar-refractivity contribution in [3.8, 4) is 11.6 Å². The zero-order valence-corrected chi connectivity index (χ0v) is 24.8. The highest BCUT2D eigenvalue weighted by atomic mass is 16.5. The molecule has 0 atom stereocenters. The van der Waals surface area contributed by atoms with Gasteiger partial charge in [0.05, 0.1) is 25.1 Å². The van der Waals surface area contributed by atoms with E-state index in [4.69, 9.17) is 29.8 Å². The zero-order chi connectivity index (χ0) is 32.4. The molecule has 4 N–H and O–H groups in total. The van der Waals surface area contributed by atoms with Crippen molar-refractivity contribution in [1.29, 1.82) is 0 Å². The van der Waals surface area contributed by atoms with Crippen molar-refractivity contribution in [2.24, 2.45) is 20.5 Å². The van der Waals surface area contributed by atoms with Gasteiger partial charge < -0.3 is 29.8 Å². The Balaban J connectivity index is 1.45. The van der Waals surface area contributed by atoms with Crippen LogP contribution >= 0.6 is 0 Å². The molecule has 0 bridgehead atoms. The summed E-state index contributed by atoms with van der Waals surface area (Å²) in [5.74, 6) is -0.657. The van der Waals surface area contributed by atoms with Crippen molar-refractivity contribution in [3.63, 3.8) is 0 Å². The average Bonchev–Trinajstić information content (AvgIpc) is 3.74. The summed E-state index contributed by atoms with van der Waals surface area (Å²) in [6.45, 7) is 8.25. The number of aromatic nitrogens is 8. The lowest BCUT2D eigenvalue weighted by molar-refractivity contribution is 0.0519. The van der Waals surface area contributed by atoms with E-state index in [1.807, 2.05) is 0 Å². The molecule has 0 fully saturated rings. The van der Waals surface area contributed by atoms with Crippen LogP contribution in [0.2, 0.25) is 0 Å². The smallest absolute Gasteiger partial charge is 0.362 e. The molecule has 0 radical (unpaired) electrons. The number of oxazole rings is 2. The van der Waals surface area contributed by atoms with Crippen LogP contribution in [0.4, 0.5) is 34.8 Å². The van der Waals surface area contributed by atoms with Gasteiger partial charge in [0.25, 0.3) is 11.8 Å². The van der Waals surface area contributed by atoms with Gasteiger partial charge in [-0.3, -0.25) is 0 Å². The number of methoxy groups -OCH3 is 1. The first-order valence-corrected chi connectivity index (χ1v) is 13.1. The molecule has 5 rings (SSSR count). The minimum absolute atomic E-state index is 0.0793. The van der Waals surface area contributed by atoms with E-state index in [2.05, 4.69) is 50.6 Å². The topological polar surface area (TPSA) is 268 Å². The molecule has 20 nitrogen and oxygen atoms in total. The van der Waals surface area contributed by atoms with Crippen molar-refractivity contribution in [3.05, 3.63) is 47.0 Å². The van der Waals surface area contributed by atoms with Crippen LogP contribution in [-0.4, -0.2) is 65.2 Å². The first-order chi connectivity index (χ1) is 21.5. The molecule has 0 amide bonds. The maximum Gasteiger partial charge on any atom is 0.362 e. The van der Waals surface area contributed by atoms with E-state index >= 15 is 0 Å². The summed E-state index contributed by atoms with van der Waals surface area (Å²) in [6.07, 6.45) is 1.27. The number of carbonyl (C=O) groups is 2. The first-order valence-electron chi connectivity index (χ1n) is 13.1. The maximum atomic E-state index is 12.2. The van der Waals surface area contributed by atoms with Crippen molar-refractivity contribution < 1.29 is 27.9 Å². The molecule has 5 aromatic rings. The Labute approximate surface area is 253 Å². The highest BCUT2D eigenvalue weighted by molar-refractivity contribution is 5.91. The summed E-state index contributed by atoms with van der Waals surface area (Å²) in [5.41, 5.74) is 13.7. The second-order valence-corrected chi connectivity index (χ2v) is 9.08. The van der Waals surface area contributed by atoms with Gasteiger partial charge >= 0.3 is 11.9 Å². The fraction of sp³-hybridized carbons (Fsp3) is 0.280. The normalized spacial score (nSPS) is 11.6. The van der Waals surface area contributed by atoms with E-state index in [-0.39, 0.29) is 76.2 Å². The highest BCUT2D eigenvalue weighted by Gasteiger charge is 2.23. The van der Waals surface area contributed by atoms with Gasteiger partial charge in [-0.05, 0) is 20.8 Å². The average molecular weight is 619 g/mol. The second kappa shape index (κ2) is 12.1. The fourth-order valence-corrected chi connectivity index (χ4v) is 3.96. The summed E-state index contributed by atoms with van der Waals surface area (Å²) in [6, 6.07) is 1.53. The van der Waals surface area contributed by atoms with Crippen LogP contribution in [0.1, 0.15) is 51.1 Å². The number of azo groups is 2. The molecular formula is C25H26N14O6. The third kappa shape index (κ3) is 5.83. The monoisotopic (exact) mass is 618 g/mol. The van der Waals surface area contributed by atoms with Gasteiger partial charge in [0.15, 0.2) is 46.4 Å². The van der Waals surface area contributed by atoms with Gasteiger partial charge in [-0.25, -0.2) is 29.5 Å². The van der Waals surface area contributed by atoms with Crippen LogP contribution in [0, 0.1) is 27.7 Å². The maximum absolute atomic E-state index is 12.2. The number of aryl methyl sites for hydroxylation is 4. The number of nitrogens with zero attached hydrogens (tertiary/aromatic N) is 12. The van der Waals surface area contributed by atoms with Crippen LogP contribution in [0.25, 0.3) is 11.6 Å². The fourth-order valence-electron chi connectivity index (χ4n) is 3.96. The summed E-state index contributed by atoms with van der Waals surface area (Å²) < 4.78 is 23.1. The number of nitrogen functional groups attached to an aromatic ring is 2. The Morgan fingerprint density at radius 2 is 1.27 bits per heavy atom. The Hall–Kier alpha value is -6.34. The predicted octanol–water partition coefficient (Wildman–Crippen LogP) is 4.02. The van der Waals surface area contributed by atoms with E-state index in [0.717, 1.165) is 0 Å². The summed E-state index contributed by atoms with van der Waals surface area (Å²) in [4.78, 5) is 40.7. The second-order valence-electron chi connectivity index (χ2n) is 9.08. The number of rotatable bonds is 9. The molecule has 0 saturated heterocycles. The Kier molecular flexibility index (Phi) is 8.11. The van der Waals surface area contributed by atoms with Gasteiger partial charge in [0.2, 0.25) is 11.4 Å². The van der Waals surface area contributed by atoms with E-state index in [0.29, 0.717) is 11.4 Å². The Morgan fingerprint density at radius 3 is 1.71 bits per heavy atom. The molecule has 5 aromatic heterocycles. The summed E-state index contributed by atoms with van der Waals surface area (Å²) >= 11 is 0. The number of nitrogens with two attached hydrogens (primary N) is 2. The van der Waals surface area contributed by atoms with Crippen LogP contribution < -0.4 is 11.5 Å². The van der Waals surface area contributed by atoms with Crippen molar-refractivity contribution >= 4 is 46.7 Å². The zero-order valence-electron chi connectivity index (χ0n) is 24.8. The van der Waals surface area contributed by atoms with Crippen molar-refractivity contribution in [1.82, 2.24) is 39.5 Å². The van der Waals surface area contributed by atoms with Crippen LogP contribution in [0.15, 0.2) is 41.7 Å². The highest BCUT2D eigenvalue weighted by Crippen LogP contribution is 2.33. The van der Waals surface area contributed by atoms with E-state index in [1.54, 1.807) is 34.6 Å². The summed E-state index contributed by atoms with van der Waals surface area (Å²) in [7, 11) is 1.21. The lowest BCUT2D eigenvalue weighted by atomic mass is 10.4. The van der Waals surface area contributed by atoms with Crippen LogP contribution in [-0.2, 0) is 9.47 Å². The molecule has 0 aliphatic carbocycles. The SMILES string of the molecule is CCOC(=O)c1nc(C)oc1N=Nc1c(C)nn(-c2cc(-n3nc(C)c(N=Nc4oc(C)nc4C(=O)OC)c3N)ncn2)c1N. The number of hydrogen-bond donors (Lipinski definition) is 2. The standard InChI is InChI=1S/C25H26N14O6/c1-7-43-25(41)19-23(45-13(5)31-19)35-33-17-11(3)37-39(21(17)27)15-8-14(28-9-29-15)38-20(26)16(10(2)36-38)32-34-22-18(24(40)42-6)30-12(4)44-22/h8-9H,7,26-27H2,1-6H3. The lowest BCUT2D eigenvalue weighted by Gasteiger charge is -2.06. The number of carbonyl (C=O) groups excluding carboxylic acids is 2. The van der Waals surface area contributed by atoms with Crippen molar-refractivity contribution in [2.45, 2.75) is 34.6 Å². The molecule has 0 saturated carbocycles. The number of esters is 2. The lowest BCUT2D eigenvalue weighted by Crippen LogP contribution is -2.09. The van der Waals surface area contributed by atoms with Gasteiger partial charge in [0, 0.05) is 19.9 Å².